The Bertz CT molecular complexity index is 1690. The fourth-order valence-corrected chi connectivity index (χ4v) is 5.36. The Labute approximate surface area is 226 Å². The minimum Gasteiger partial charge on any atom is -0.321 e. The molecular weight excluding hydrogens is 494 g/mol. The first-order valence-corrected chi connectivity index (χ1v) is 13.3. The third kappa shape index (κ3) is 4.75. The predicted octanol–water partition coefficient (Wildman–Crippen LogP) is 6.48. The molecule has 7 heteroatoms. The van der Waals surface area contributed by atoms with E-state index in [0.29, 0.717) is 23.4 Å². The molecule has 6 nitrogen and oxygen atoms in total. The normalized spacial score (nSPS) is 15.0. The zero-order chi connectivity index (χ0) is 26.1. The molecule has 1 aliphatic heterocycles. The minimum atomic E-state index is -0.133. The van der Waals surface area contributed by atoms with Gasteiger partial charge in [0.15, 0.2) is 0 Å². The van der Waals surface area contributed by atoms with Crippen LogP contribution < -0.4 is 11.0 Å². The molecule has 0 saturated heterocycles. The van der Waals surface area contributed by atoms with E-state index in [-0.39, 0.29) is 11.6 Å². The number of hydrazone groups is 1. The number of nitrogens with zero attached hydrogens (tertiary/aromatic N) is 3. The van der Waals surface area contributed by atoms with Gasteiger partial charge in [0.2, 0.25) is 0 Å². The van der Waals surface area contributed by atoms with Crippen LogP contribution in [0.25, 0.3) is 22.0 Å². The summed E-state index contributed by atoms with van der Waals surface area (Å²) >= 11 is 6.38. The Kier molecular flexibility index (Phi) is 6.56. The highest BCUT2D eigenvalue weighted by atomic mass is 35.5. The van der Waals surface area contributed by atoms with Crippen molar-refractivity contribution < 1.29 is 0 Å². The summed E-state index contributed by atoms with van der Waals surface area (Å²) < 4.78 is 1.98. The van der Waals surface area contributed by atoms with E-state index in [0.717, 1.165) is 57.4 Å². The number of aromatic nitrogens is 3. The summed E-state index contributed by atoms with van der Waals surface area (Å²) in [5.74, 6) is 0. The lowest BCUT2D eigenvalue weighted by molar-refractivity contribution is 0.603. The summed E-state index contributed by atoms with van der Waals surface area (Å²) in [6.45, 7) is 3.06. The molecule has 0 saturated carbocycles. The van der Waals surface area contributed by atoms with Gasteiger partial charge in [-0.15, -0.1) is 0 Å². The summed E-state index contributed by atoms with van der Waals surface area (Å²) in [7, 11) is 0. The smallest absolute Gasteiger partial charge is 0.257 e. The van der Waals surface area contributed by atoms with Crippen LogP contribution in [0.3, 0.4) is 0 Å². The molecule has 3 heterocycles. The molecule has 190 valence electrons. The van der Waals surface area contributed by atoms with Gasteiger partial charge >= 0.3 is 0 Å². The largest absolute Gasteiger partial charge is 0.321 e. The average molecular weight is 522 g/mol. The maximum atomic E-state index is 13.4. The van der Waals surface area contributed by atoms with Crippen LogP contribution in [0.15, 0.2) is 95.1 Å². The number of H-pyrrole nitrogens is 1. The molecule has 1 aliphatic rings. The Morgan fingerprint density at radius 3 is 2.63 bits per heavy atom. The number of pyridine rings is 1. The molecule has 0 bridgehead atoms. The predicted molar refractivity (Wildman–Crippen MR) is 154 cm³/mol. The summed E-state index contributed by atoms with van der Waals surface area (Å²) in [4.78, 5) is 16.5. The highest BCUT2D eigenvalue weighted by Gasteiger charge is 2.26. The van der Waals surface area contributed by atoms with Crippen molar-refractivity contribution in [1.82, 2.24) is 20.2 Å². The van der Waals surface area contributed by atoms with Gasteiger partial charge < -0.3 is 10.4 Å². The van der Waals surface area contributed by atoms with E-state index in [4.69, 9.17) is 11.6 Å². The Morgan fingerprint density at radius 1 is 1.03 bits per heavy atom. The second kappa shape index (κ2) is 10.3. The second-order valence-electron chi connectivity index (χ2n) is 9.72. The molecular formula is C31H28ClN5O. The molecule has 38 heavy (non-hydrogen) atoms. The van der Waals surface area contributed by atoms with E-state index in [9.17, 15) is 4.79 Å². The Hall–Kier alpha value is -4.16. The van der Waals surface area contributed by atoms with Crippen LogP contribution >= 0.6 is 11.6 Å². The molecule has 2 aromatic heterocycles. The molecule has 0 spiro atoms. The van der Waals surface area contributed by atoms with Gasteiger partial charge in [-0.3, -0.25) is 9.48 Å². The molecule has 0 aliphatic carbocycles. The van der Waals surface area contributed by atoms with Gasteiger partial charge in [-0.05, 0) is 53.3 Å². The number of rotatable bonds is 7. The summed E-state index contributed by atoms with van der Waals surface area (Å²) in [5, 5.41) is 10.7. The van der Waals surface area contributed by atoms with Crippen LogP contribution in [0, 0.1) is 0 Å². The zero-order valence-electron chi connectivity index (χ0n) is 21.1. The molecule has 1 unspecified atom stereocenters. The molecule has 6 rings (SSSR count). The standard InChI is InChI=1S/C31H28ClN5O/c1-2-14-37-19-23(18-33-37)21-8-10-22(11-9-21)28-17-29(36-35-28)30-26(15-20-6-4-3-5-7-20)25-16-24(32)12-13-27(25)34-31(30)38/h3-13,16,18-19,28,35H,2,14-15,17H2,1H3,(H,34,38). The number of benzene rings is 3. The highest BCUT2D eigenvalue weighted by Crippen LogP contribution is 2.30. The number of fused-ring (bicyclic) bond motifs is 1. The molecule has 2 N–H and O–H groups in total. The van der Waals surface area contributed by atoms with Gasteiger partial charge in [0.05, 0.1) is 23.5 Å². The van der Waals surface area contributed by atoms with Gasteiger partial charge in [-0.1, -0.05) is 73.1 Å². The number of hydrogen-bond acceptors (Lipinski definition) is 4. The van der Waals surface area contributed by atoms with Crippen molar-refractivity contribution in [2.45, 2.75) is 38.8 Å². The highest BCUT2D eigenvalue weighted by molar-refractivity contribution is 6.31. The van der Waals surface area contributed by atoms with Crippen LogP contribution in [0.5, 0.6) is 0 Å². The number of halogens is 1. The van der Waals surface area contributed by atoms with Crippen molar-refractivity contribution in [3.63, 3.8) is 0 Å². The first-order valence-electron chi connectivity index (χ1n) is 12.9. The average Bonchev–Trinajstić information content (AvgIpc) is 3.61. The van der Waals surface area contributed by atoms with E-state index < -0.39 is 0 Å². The lowest BCUT2D eigenvalue weighted by Gasteiger charge is -2.14. The van der Waals surface area contributed by atoms with Crippen LogP contribution in [0.2, 0.25) is 5.02 Å². The zero-order valence-corrected chi connectivity index (χ0v) is 21.9. The van der Waals surface area contributed by atoms with Crippen molar-refractivity contribution in [1.29, 1.82) is 0 Å². The Balaban J connectivity index is 1.31. The maximum absolute atomic E-state index is 13.4. The number of aromatic amines is 1. The number of nitrogens with one attached hydrogen (secondary N) is 2. The van der Waals surface area contributed by atoms with E-state index >= 15 is 0 Å². The van der Waals surface area contributed by atoms with Gasteiger partial charge in [-0.2, -0.15) is 10.2 Å². The summed E-state index contributed by atoms with van der Waals surface area (Å²) in [5.41, 5.74) is 10.7. The fraction of sp³-hybridized carbons (Fsp3) is 0.194. The SMILES string of the molecule is CCCn1cc(-c2ccc(C3CC(c4c(Cc5ccccc5)c5cc(Cl)ccc5[nH]c4=O)=NN3)cc2)cn1. The van der Waals surface area contributed by atoms with Crippen molar-refractivity contribution in [3.8, 4) is 11.1 Å². The van der Waals surface area contributed by atoms with Crippen LogP contribution in [-0.4, -0.2) is 20.5 Å². The van der Waals surface area contributed by atoms with Gasteiger partial charge in [-0.25, -0.2) is 0 Å². The van der Waals surface area contributed by atoms with E-state index in [1.165, 1.54) is 0 Å². The molecule has 0 radical (unpaired) electrons. The van der Waals surface area contributed by atoms with Crippen molar-refractivity contribution >= 4 is 28.2 Å². The first-order chi connectivity index (χ1) is 18.6. The van der Waals surface area contributed by atoms with Crippen LogP contribution in [0.4, 0.5) is 0 Å². The van der Waals surface area contributed by atoms with E-state index in [2.05, 4.69) is 70.1 Å². The topological polar surface area (TPSA) is 75.1 Å². The first kappa shape index (κ1) is 24.2. The third-order valence-electron chi connectivity index (χ3n) is 7.08. The molecule has 1 atom stereocenters. The van der Waals surface area contributed by atoms with Gasteiger partial charge in [0.1, 0.15) is 0 Å². The maximum Gasteiger partial charge on any atom is 0.257 e. The van der Waals surface area contributed by atoms with Crippen LogP contribution in [0.1, 0.15) is 48.1 Å². The monoisotopic (exact) mass is 521 g/mol. The quantitative estimate of drug-likeness (QED) is 0.257. The second-order valence-corrected chi connectivity index (χ2v) is 10.2. The summed E-state index contributed by atoms with van der Waals surface area (Å²) in [6, 6.07) is 24.2. The van der Waals surface area contributed by atoms with Gasteiger partial charge in [0.25, 0.3) is 5.56 Å². The lowest BCUT2D eigenvalue weighted by atomic mass is 9.91. The Morgan fingerprint density at radius 2 is 1.84 bits per heavy atom. The summed E-state index contributed by atoms with van der Waals surface area (Å²) in [6.07, 6.45) is 6.27. The third-order valence-corrected chi connectivity index (χ3v) is 7.32. The lowest BCUT2D eigenvalue weighted by Crippen LogP contribution is -2.21. The van der Waals surface area contributed by atoms with E-state index in [1.807, 2.05) is 41.2 Å². The van der Waals surface area contributed by atoms with E-state index in [1.54, 1.807) is 6.07 Å². The van der Waals surface area contributed by atoms with Crippen molar-refractivity contribution in [3.05, 3.63) is 123 Å². The molecule has 0 amide bonds. The molecule has 3 aromatic carbocycles. The minimum absolute atomic E-state index is 0.0131. The number of hydrogen-bond donors (Lipinski definition) is 2. The van der Waals surface area contributed by atoms with Crippen molar-refractivity contribution in [2.24, 2.45) is 5.10 Å². The molecule has 0 fully saturated rings. The van der Waals surface area contributed by atoms with Gasteiger partial charge in [0, 0.05) is 40.7 Å². The number of aryl methyl sites for hydroxylation is 1. The molecule has 5 aromatic rings. The van der Waals surface area contributed by atoms with Crippen LogP contribution in [-0.2, 0) is 13.0 Å². The fourth-order valence-electron chi connectivity index (χ4n) is 5.18. The van der Waals surface area contributed by atoms with Crippen molar-refractivity contribution in [2.75, 3.05) is 0 Å².